The second kappa shape index (κ2) is 15.6. The fraction of sp³-hybridized carbons (Fsp3) is 0.571. The van der Waals surface area contributed by atoms with Crippen LogP contribution < -0.4 is 10.6 Å². The summed E-state index contributed by atoms with van der Waals surface area (Å²) in [6.07, 6.45) is -3.17. The quantitative estimate of drug-likeness (QED) is 0.280. The molecule has 0 radical (unpaired) electrons. The van der Waals surface area contributed by atoms with Crippen molar-refractivity contribution < 1.29 is 38.9 Å². The van der Waals surface area contributed by atoms with E-state index in [4.69, 9.17) is 10.00 Å². The van der Waals surface area contributed by atoms with Gasteiger partial charge in [-0.2, -0.15) is 5.26 Å². The third-order valence-corrected chi connectivity index (χ3v) is 6.01. The summed E-state index contributed by atoms with van der Waals surface area (Å²) in [5.74, 6) is -4.67. The molecule has 4 N–H and O–H groups in total. The molecular weight excluding hydrogens is 520 g/mol. The molecule has 0 aliphatic rings. The third kappa shape index (κ3) is 11.0. The van der Waals surface area contributed by atoms with Crippen LogP contribution in [0.1, 0.15) is 66.4 Å². The van der Waals surface area contributed by atoms with Crippen LogP contribution in [0.3, 0.4) is 0 Å². The number of alkyl carbamates (subject to hydrolysis) is 1. The lowest BCUT2D eigenvalue weighted by molar-refractivity contribution is -0.155. The average Bonchev–Trinajstić information content (AvgIpc) is 2.85. The number of amides is 4. The zero-order valence-electron chi connectivity index (χ0n) is 23.8. The Bertz CT molecular complexity index is 1080. The van der Waals surface area contributed by atoms with E-state index in [-0.39, 0.29) is 6.42 Å². The molecule has 1 aromatic rings. The van der Waals surface area contributed by atoms with Gasteiger partial charge in [0, 0.05) is 6.42 Å². The summed E-state index contributed by atoms with van der Waals surface area (Å²) >= 11 is 0. The number of nitriles is 1. The van der Waals surface area contributed by atoms with Crippen LogP contribution in [-0.2, 0) is 30.3 Å². The van der Waals surface area contributed by atoms with Crippen molar-refractivity contribution in [3.63, 3.8) is 0 Å². The predicted molar refractivity (Wildman–Crippen MR) is 144 cm³/mol. The maximum absolute atomic E-state index is 14.1. The number of carbonyl (C=O) groups is 5. The molecule has 0 heterocycles. The van der Waals surface area contributed by atoms with Gasteiger partial charge in [0.1, 0.15) is 23.7 Å². The fourth-order valence-corrected chi connectivity index (χ4v) is 3.71. The molecule has 0 bridgehead atoms. The van der Waals surface area contributed by atoms with Gasteiger partial charge < -0.3 is 25.6 Å². The average molecular weight is 561 g/mol. The lowest BCUT2D eigenvalue weighted by Crippen LogP contribution is -2.61. The van der Waals surface area contributed by atoms with Crippen LogP contribution in [0.5, 0.6) is 0 Å². The first-order chi connectivity index (χ1) is 18.6. The van der Waals surface area contributed by atoms with Crippen LogP contribution in [0, 0.1) is 17.2 Å². The van der Waals surface area contributed by atoms with Gasteiger partial charge in [-0.15, -0.1) is 0 Å². The Labute approximate surface area is 234 Å². The third-order valence-electron chi connectivity index (χ3n) is 6.01. The van der Waals surface area contributed by atoms with E-state index in [1.165, 1.54) is 6.92 Å². The van der Waals surface area contributed by atoms with Gasteiger partial charge in [0.15, 0.2) is 0 Å². The van der Waals surface area contributed by atoms with Crippen molar-refractivity contribution in [3.05, 3.63) is 35.9 Å². The standard InChI is InChI=1S/C28H40N4O8/c1-7-17(2)23(31-27(39)40-28(4,5)6)25(36)32(22(34)16-20(33)13-14-29)21(15-19-11-9-8-10-12-19)24(35)30-18(3)26(37)38/h8-12,17-18,20-21,23,33H,7,13,15-16H2,1-6H3,(H,30,35)(H,31,39)(H,37,38)/t17-,18-,20+,21-,23+/m0/s1. The Balaban J connectivity index is 3.65. The van der Waals surface area contributed by atoms with Crippen LogP contribution in [0.4, 0.5) is 4.79 Å². The highest BCUT2D eigenvalue weighted by atomic mass is 16.6. The summed E-state index contributed by atoms with van der Waals surface area (Å²) in [4.78, 5) is 65.8. The largest absolute Gasteiger partial charge is 0.480 e. The molecule has 0 unspecified atom stereocenters. The minimum atomic E-state index is -1.54. The number of hydrogen-bond donors (Lipinski definition) is 4. The first kappa shape index (κ1) is 34.0. The highest BCUT2D eigenvalue weighted by Crippen LogP contribution is 2.19. The Kier molecular flexibility index (Phi) is 13.3. The van der Waals surface area contributed by atoms with Crippen LogP contribution in [0.15, 0.2) is 30.3 Å². The summed E-state index contributed by atoms with van der Waals surface area (Å²) < 4.78 is 5.31. The number of carbonyl (C=O) groups excluding carboxylic acids is 4. The van der Waals surface area contributed by atoms with E-state index in [0.29, 0.717) is 16.9 Å². The maximum Gasteiger partial charge on any atom is 0.408 e. The Morgan fingerprint density at radius 2 is 1.68 bits per heavy atom. The summed E-state index contributed by atoms with van der Waals surface area (Å²) in [6, 6.07) is 6.03. The zero-order chi connectivity index (χ0) is 30.6. The monoisotopic (exact) mass is 560 g/mol. The molecule has 1 rings (SSSR count). The number of benzene rings is 1. The summed E-state index contributed by atoms with van der Waals surface area (Å²) in [5.41, 5.74) is -0.318. The van der Waals surface area contributed by atoms with Gasteiger partial charge in [-0.1, -0.05) is 50.6 Å². The number of nitrogens with one attached hydrogen (secondary N) is 2. The van der Waals surface area contributed by atoms with Gasteiger partial charge in [0.25, 0.3) is 5.91 Å². The van der Waals surface area contributed by atoms with Gasteiger partial charge in [0.05, 0.1) is 25.0 Å². The molecular formula is C28H40N4O8. The Morgan fingerprint density at radius 3 is 2.17 bits per heavy atom. The van der Waals surface area contributed by atoms with E-state index in [1.807, 2.05) is 0 Å². The van der Waals surface area contributed by atoms with E-state index in [0.717, 1.165) is 0 Å². The van der Waals surface area contributed by atoms with E-state index in [9.17, 15) is 34.2 Å². The Hall–Kier alpha value is -3.98. The fourth-order valence-electron chi connectivity index (χ4n) is 3.71. The second-order valence-electron chi connectivity index (χ2n) is 10.6. The second-order valence-corrected chi connectivity index (χ2v) is 10.6. The van der Waals surface area contributed by atoms with Crippen molar-refractivity contribution in [2.45, 2.75) is 97.1 Å². The molecule has 0 fully saturated rings. The molecule has 1 aromatic carbocycles. The van der Waals surface area contributed by atoms with Crippen molar-refractivity contribution >= 4 is 29.8 Å². The molecule has 0 aliphatic carbocycles. The number of hydrogen-bond acceptors (Lipinski definition) is 8. The molecule has 12 nitrogen and oxygen atoms in total. The predicted octanol–water partition coefficient (Wildman–Crippen LogP) is 2.15. The Morgan fingerprint density at radius 1 is 1.07 bits per heavy atom. The molecule has 220 valence electrons. The van der Waals surface area contributed by atoms with Gasteiger partial charge in [-0.25, -0.2) is 4.79 Å². The molecule has 12 heteroatoms. The number of carboxylic acids is 1. The van der Waals surface area contributed by atoms with Crippen LogP contribution >= 0.6 is 0 Å². The minimum absolute atomic E-state index is 0.176. The first-order valence-electron chi connectivity index (χ1n) is 13.1. The number of aliphatic carboxylic acids is 1. The first-order valence-corrected chi connectivity index (χ1v) is 13.1. The van der Waals surface area contributed by atoms with Gasteiger partial charge in [0.2, 0.25) is 11.8 Å². The number of ether oxygens (including phenoxy) is 1. The lowest BCUT2D eigenvalue weighted by atomic mass is 9.95. The normalized spacial score (nSPS) is 14.8. The molecule has 0 aromatic heterocycles. The number of aliphatic hydroxyl groups excluding tert-OH is 1. The lowest BCUT2D eigenvalue weighted by Gasteiger charge is -2.35. The van der Waals surface area contributed by atoms with Gasteiger partial charge in [-0.3, -0.25) is 24.1 Å². The van der Waals surface area contributed by atoms with E-state index >= 15 is 0 Å². The van der Waals surface area contributed by atoms with Crippen molar-refractivity contribution in [1.29, 1.82) is 5.26 Å². The molecule has 4 amide bonds. The van der Waals surface area contributed by atoms with E-state index in [1.54, 1.807) is 71.0 Å². The van der Waals surface area contributed by atoms with Crippen molar-refractivity contribution in [2.24, 2.45) is 5.92 Å². The van der Waals surface area contributed by atoms with Crippen molar-refractivity contribution in [1.82, 2.24) is 15.5 Å². The molecule has 0 aliphatic heterocycles. The number of aliphatic hydroxyl groups is 1. The SMILES string of the molecule is CC[C@H](C)[C@@H](NC(=O)OC(C)(C)C)C(=O)N(C(=O)C[C@H](O)CC#N)[C@@H](Cc1ccccc1)C(=O)N[C@@H](C)C(=O)O. The molecule has 0 spiro atoms. The van der Waals surface area contributed by atoms with Gasteiger partial charge in [-0.05, 0) is 39.2 Å². The van der Waals surface area contributed by atoms with E-state index in [2.05, 4.69) is 10.6 Å². The summed E-state index contributed by atoms with van der Waals surface area (Å²) in [7, 11) is 0. The summed E-state index contributed by atoms with van der Waals surface area (Å²) in [6.45, 7) is 9.60. The van der Waals surface area contributed by atoms with Gasteiger partial charge >= 0.3 is 12.1 Å². The minimum Gasteiger partial charge on any atom is -0.480 e. The number of rotatable bonds is 13. The summed E-state index contributed by atoms with van der Waals surface area (Å²) in [5, 5.41) is 33.3. The topological polar surface area (TPSA) is 186 Å². The highest BCUT2D eigenvalue weighted by molar-refractivity contribution is 6.03. The molecule has 40 heavy (non-hydrogen) atoms. The number of imide groups is 1. The zero-order valence-corrected chi connectivity index (χ0v) is 23.8. The van der Waals surface area contributed by atoms with Crippen LogP contribution in [-0.4, -0.2) is 74.7 Å². The van der Waals surface area contributed by atoms with Crippen molar-refractivity contribution in [3.8, 4) is 6.07 Å². The smallest absolute Gasteiger partial charge is 0.408 e. The molecule has 0 saturated heterocycles. The number of nitrogens with zero attached hydrogens (tertiary/aromatic N) is 2. The maximum atomic E-state index is 14.1. The highest BCUT2D eigenvalue weighted by Gasteiger charge is 2.41. The molecule has 0 saturated carbocycles. The van der Waals surface area contributed by atoms with Crippen molar-refractivity contribution in [2.75, 3.05) is 0 Å². The van der Waals surface area contributed by atoms with Crippen LogP contribution in [0.2, 0.25) is 0 Å². The molecule has 5 atom stereocenters. The van der Waals surface area contributed by atoms with Crippen LogP contribution in [0.25, 0.3) is 0 Å². The van der Waals surface area contributed by atoms with E-state index < -0.39 is 78.4 Å². The number of carboxylic acid groups (broad SMARTS) is 1.